The minimum atomic E-state index is -3.46. The Morgan fingerprint density at radius 2 is 1.97 bits per heavy atom. The van der Waals surface area contributed by atoms with Crippen molar-refractivity contribution in [3.8, 4) is 5.75 Å². The molecule has 1 heterocycles. The number of halogens is 2. The average Bonchev–Trinajstić information content (AvgIpc) is 3.11. The molecule has 180 valence electrons. The van der Waals surface area contributed by atoms with E-state index in [0.717, 1.165) is 30.4 Å². The first-order chi connectivity index (χ1) is 15.3. The van der Waals surface area contributed by atoms with Gasteiger partial charge in [-0.15, -0.1) is 12.4 Å². The second kappa shape index (κ2) is 11.0. The third-order valence-electron chi connectivity index (χ3n) is 5.63. The monoisotopic (exact) mass is 513 g/mol. The van der Waals surface area contributed by atoms with Crippen molar-refractivity contribution in [2.45, 2.75) is 31.8 Å². The Bertz CT molecular complexity index is 1210. The number of ether oxygens (including phenoxy) is 1. The van der Waals surface area contributed by atoms with Crippen molar-refractivity contribution in [2.24, 2.45) is 0 Å². The molecule has 7 nitrogen and oxygen atoms in total. The maximum absolute atomic E-state index is 11.5. The molecule has 4 rings (SSSR count). The fourth-order valence-electron chi connectivity index (χ4n) is 4.11. The molecular formula is C23H29Cl2N3O4S. The number of H-pyrrole nitrogens is 1. The Labute approximate surface area is 205 Å². The van der Waals surface area contributed by atoms with Gasteiger partial charge in [-0.3, -0.25) is 4.72 Å². The molecule has 1 aliphatic rings. The standard InChI is InChI=1S/C23H28ClN3O4S.ClH/c1-32(29,30)27-22-12-15(6-9-19(22)24)23(28)14-25-10-11-31-16-7-8-18-17-4-2-3-5-20(17)26-21(18)13-16;/h6-9,12-13,23,25-28H,2-5,10-11,14H2,1H3;1H/t23-;/m1./s1. The van der Waals surface area contributed by atoms with E-state index in [1.54, 1.807) is 12.1 Å². The molecule has 0 amide bonds. The van der Waals surface area contributed by atoms with Gasteiger partial charge in [0.1, 0.15) is 12.4 Å². The molecule has 0 saturated heterocycles. The van der Waals surface area contributed by atoms with Gasteiger partial charge in [0.25, 0.3) is 0 Å². The summed E-state index contributed by atoms with van der Waals surface area (Å²) in [5.74, 6) is 0.813. The highest BCUT2D eigenvalue weighted by Gasteiger charge is 2.16. The molecule has 3 aromatic rings. The van der Waals surface area contributed by atoms with Crippen molar-refractivity contribution in [1.82, 2.24) is 10.3 Å². The van der Waals surface area contributed by atoms with Gasteiger partial charge in [-0.2, -0.15) is 0 Å². The third-order valence-corrected chi connectivity index (χ3v) is 6.55. The summed E-state index contributed by atoms with van der Waals surface area (Å²) in [6.07, 6.45) is 4.99. The van der Waals surface area contributed by atoms with Gasteiger partial charge in [-0.05, 0) is 61.1 Å². The number of nitrogens with one attached hydrogen (secondary N) is 3. The van der Waals surface area contributed by atoms with Crippen molar-refractivity contribution >= 4 is 50.6 Å². The topological polar surface area (TPSA) is 103 Å². The van der Waals surface area contributed by atoms with Crippen LogP contribution in [0.1, 0.15) is 35.8 Å². The summed E-state index contributed by atoms with van der Waals surface area (Å²) in [5.41, 5.74) is 4.74. The zero-order valence-electron chi connectivity index (χ0n) is 18.4. The number of benzene rings is 2. The summed E-state index contributed by atoms with van der Waals surface area (Å²) in [5, 5.41) is 15.1. The highest BCUT2D eigenvalue weighted by Crippen LogP contribution is 2.31. The number of aliphatic hydroxyl groups is 1. The molecule has 10 heteroatoms. The molecule has 33 heavy (non-hydrogen) atoms. The Hall–Kier alpha value is -1.97. The fraction of sp³-hybridized carbons (Fsp3) is 0.391. The number of sulfonamides is 1. The quantitative estimate of drug-likeness (QED) is 0.321. The van der Waals surface area contributed by atoms with Crippen LogP contribution in [0.15, 0.2) is 36.4 Å². The van der Waals surface area contributed by atoms with Crippen LogP contribution in [0.2, 0.25) is 5.02 Å². The SMILES string of the molecule is CS(=O)(=O)Nc1cc([C@H](O)CNCCOc2ccc3c4c([nH]c3c2)CCCC4)ccc1Cl.Cl. The number of aromatic amines is 1. The van der Waals surface area contributed by atoms with Gasteiger partial charge >= 0.3 is 0 Å². The number of anilines is 1. The van der Waals surface area contributed by atoms with Gasteiger partial charge in [0.15, 0.2) is 0 Å². The first-order valence-electron chi connectivity index (χ1n) is 10.7. The highest BCUT2D eigenvalue weighted by molar-refractivity contribution is 7.92. The van der Waals surface area contributed by atoms with Crippen LogP contribution in [0.25, 0.3) is 10.9 Å². The van der Waals surface area contributed by atoms with Crippen LogP contribution in [-0.2, 0) is 22.9 Å². The molecular weight excluding hydrogens is 485 g/mol. The fourth-order valence-corrected chi connectivity index (χ4v) is 4.90. The van der Waals surface area contributed by atoms with E-state index in [0.29, 0.717) is 25.3 Å². The van der Waals surface area contributed by atoms with E-state index in [9.17, 15) is 13.5 Å². The van der Waals surface area contributed by atoms with Gasteiger partial charge in [0.2, 0.25) is 10.0 Å². The van der Waals surface area contributed by atoms with E-state index >= 15 is 0 Å². The predicted molar refractivity (Wildman–Crippen MR) is 135 cm³/mol. The highest BCUT2D eigenvalue weighted by atomic mass is 35.5. The van der Waals surface area contributed by atoms with E-state index in [1.807, 2.05) is 12.1 Å². The van der Waals surface area contributed by atoms with E-state index in [4.69, 9.17) is 16.3 Å². The zero-order chi connectivity index (χ0) is 22.7. The number of fused-ring (bicyclic) bond motifs is 3. The van der Waals surface area contributed by atoms with Gasteiger partial charge in [-0.1, -0.05) is 17.7 Å². The lowest BCUT2D eigenvalue weighted by molar-refractivity contribution is 0.172. The van der Waals surface area contributed by atoms with E-state index < -0.39 is 16.1 Å². The molecule has 1 atom stereocenters. The van der Waals surface area contributed by atoms with Gasteiger partial charge in [0.05, 0.1) is 23.1 Å². The number of rotatable bonds is 9. The Morgan fingerprint density at radius 1 is 1.18 bits per heavy atom. The molecule has 4 N–H and O–H groups in total. The van der Waals surface area contributed by atoms with Crippen molar-refractivity contribution in [1.29, 1.82) is 0 Å². The van der Waals surface area contributed by atoms with Crippen molar-refractivity contribution < 1.29 is 18.3 Å². The lowest BCUT2D eigenvalue weighted by atomic mass is 9.96. The molecule has 0 saturated carbocycles. The number of hydrogen-bond acceptors (Lipinski definition) is 5. The van der Waals surface area contributed by atoms with Crippen LogP contribution in [0.4, 0.5) is 5.69 Å². The molecule has 0 unspecified atom stereocenters. The minimum absolute atomic E-state index is 0. The lowest BCUT2D eigenvalue weighted by Gasteiger charge is -2.15. The first-order valence-corrected chi connectivity index (χ1v) is 13.0. The summed E-state index contributed by atoms with van der Waals surface area (Å²) in [6, 6.07) is 11.0. The van der Waals surface area contributed by atoms with Crippen LogP contribution in [0, 0.1) is 0 Å². The van der Waals surface area contributed by atoms with Crippen LogP contribution >= 0.6 is 24.0 Å². The lowest BCUT2D eigenvalue weighted by Crippen LogP contribution is -2.26. The summed E-state index contributed by atoms with van der Waals surface area (Å²) in [4.78, 5) is 3.53. The maximum atomic E-state index is 11.5. The van der Waals surface area contributed by atoms with E-state index in [2.05, 4.69) is 21.1 Å². The minimum Gasteiger partial charge on any atom is -0.492 e. The Morgan fingerprint density at radius 3 is 2.76 bits per heavy atom. The van der Waals surface area contributed by atoms with E-state index in [-0.39, 0.29) is 23.1 Å². The molecule has 0 radical (unpaired) electrons. The number of aliphatic hydroxyl groups excluding tert-OH is 1. The van der Waals surface area contributed by atoms with Crippen molar-refractivity contribution in [3.63, 3.8) is 0 Å². The molecule has 2 aromatic carbocycles. The van der Waals surface area contributed by atoms with Gasteiger partial charge in [-0.25, -0.2) is 8.42 Å². The smallest absolute Gasteiger partial charge is 0.229 e. The predicted octanol–water partition coefficient (Wildman–Crippen LogP) is 4.20. The second-order valence-electron chi connectivity index (χ2n) is 8.18. The summed E-state index contributed by atoms with van der Waals surface area (Å²) in [6.45, 7) is 1.31. The molecule has 1 aliphatic carbocycles. The number of aromatic nitrogens is 1. The number of aryl methyl sites for hydroxylation is 2. The Kier molecular flexibility index (Phi) is 8.53. The normalized spacial score (nSPS) is 14.4. The molecule has 0 fully saturated rings. The van der Waals surface area contributed by atoms with Crippen LogP contribution < -0.4 is 14.8 Å². The van der Waals surface area contributed by atoms with Crippen molar-refractivity contribution in [2.75, 3.05) is 30.7 Å². The maximum Gasteiger partial charge on any atom is 0.229 e. The molecule has 0 aliphatic heterocycles. The van der Waals surface area contributed by atoms with Crippen LogP contribution in [0.5, 0.6) is 5.75 Å². The first kappa shape index (κ1) is 25.6. The summed E-state index contributed by atoms with van der Waals surface area (Å²) in [7, 11) is -3.46. The summed E-state index contributed by atoms with van der Waals surface area (Å²) >= 11 is 6.03. The zero-order valence-corrected chi connectivity index (χ0v) is 20.7. The largest absolute Gasteiger partial charge is 0.492 e. The third kappa shape index (κ3) is 6.55. The van der Waals surface area contributed by atoms with Crippen molar-refractivity contribution in [3.05, 3.63) is 58.2 Å². The second-order valence-corrected chi connectivity index (χ2v) is 10.3. The molecule has 1 aromatic heterocycles. The van der Waals surface area contributed by atoms with Gasteiger partial charge < -0.3 is 20.1 Å². The van der Waals surface area contributed by atoms with Gasteiger partial charge in [0, 0.05) is 35.8 Å². The van der Waals surface area contributed by atoms with Crippen LogP contribution in [0.3, 0.4) is 0 Å². The average molecular weight is 514 g/mol. The number of hydrogen-bond donors (Lipinski definition) is 4. The van der Waals surface area contributed by atoms with Crippen LogP contribution in [-0.4, -0.2) is 44.5 Å². The summed E-state index contributed by atoms with van der Waals surface area (Å²) < 4.78 is 31.1. The molecule has 0 spiro atoms. The Balaban J connectivity index is 0.00000306. The van der Waals surface area contributed by atoms with E-state index in [1.165, 1.54) is 35.6 Å². The molecule has 0 bridgehead atoms.